The summed E-state index contributed by atoms with van der Waals surface area (Å²) in [6, 6.07) is 17.2. The lowest BCUT2D eigenvalue weighted by Gasteiger charge is -2.04. The summed E-state index contributed by atoms with van der Waals surface area (Å²) in [5, 5.41) is 8.61. The lowest BCUT2D eigenvalue weighted by molar-refractivity contribution is 0.0922. The van der Waals surface area contributed by atoms with Crippen molar-refractivity contribution in [2.24, 2.45) is 7.05 Å². The fourth-order valence-electron chi connectivity index (χ4n) is 3.47. The number of furan rings is 1. The fraction of sp³-hybridized carbons (Fsp3) is 0.120. The van der Waals surface area contributed by atoms with Crippen molar-refractivity contribution >= 4 is 17.7 Å². The average Bonchev–Trinajstić information content (AvgIpc) is 3.62. The molecule has 0 bridgehead atoms. The van der Waals surface area contributed by atoms with E-state index < -0.39 is 0 Å². The summed E-state index contributed by atoms with van der Waals surface area (Å²) in [6.45, 7) is 0.307. The second-order valence-corrected chi connectivity index (χ2v) is 8.52. The number of amides is 1. The van der Waals surface area contributed by atoms with Crippen LogP contribution in [0.15, 0.2) is 95.2 Å². The Bertz CT molecular complexity index is 1390. The van der Waals surface area contributed by atoms with Gasteiger partial charge in [0.2, 0.25) is 0 Å². The number of benzene rings is 1. The van der Waals surface area contributed by atoms with Crippen LogP contribution in [0.2, 0.25) is 0 Å². The first-order valence-electron chi connectivity index (χ1n) is 10.7. The number of para-hydroxylation sites is 1. The third-order valence-corrected chi connectivity index (χ3v) is 6.29. The molecule has 0 saturated heterocycles. The van der Waals surface area contributed by atoms with E-state index >= 15 is 0 Å². The Labute approximate surface area is 200 Å². The van der Waals surface area contributed by atoms with E-state index in [9.17, 15) is 4.79 Å². The molecule has 0 atom stereocenters. The van der Waals surface area contributed by atoms with Crippen molar-refractivity contribution in [3.05, 3.63) is 103 Å². The fourth-order valence-corrected chi connectivity index (χ4v) is 4.30. The van der Waals surface area contributed by atoms with Gasteiger partial charge in [-0.15, -0.1) is 0 Å². The Morgan fingerprint density at radius 2 is 1.88 bits per heavy atom. The number of nitrogens with zero attached hydrogens (tertiary/aromatic N) is 5. The monoisotopic (exact) mass is 470 g/mol. The molecule has 0 radical (unpaired) electrons. The number of thioether (sulfide) groups is 1. The minimum Gasteiger partial charge on any atom is -0.455 e. The van der Waals surface area contributed by atoms with Crippen LogP contribution in [0.3, 0.4) is 0 Å². The van der Waals surface area contributed by atoms with Crippen molar-refractivity contribution in [2.45, 2.75) is 17.5 Å². The zero-order valence-corrected chi connectivity index (χ0v) is 19.3. The summed E-state index contributed by atoms with van der Waals surface area (Å²) in [5.41, 5.74) is 3.55. The van der Waals surface area contributed by atoms with Crippen molar-refractivity contribution in [2.75, 3.05) is 0 Å². The number of carbonyl (C=O) groups excluding carboxylic acids is 1. The zero-order chi connectivity index (χ0) is 23.3. The number of aromatic nitrogens is 5. The van der Waals surface area contributed by atoms with Crippen LogP contribution >= 0.6 is 11.8 Å². The summed E-state index contributed by atoms with van der Waals surface area (Å²) in [4.78, 5) is 21.2. The summed E-state index contributed by atoms with van der Waals surface area (Å²) < 4.78 is 9.52. The number of imidazole rings is 1. The number of hydrogen-bond acceptors (Lipinski definition) is 6. The van der Waals surface area contributed by atoms with Gasteiger partial charge < -0.3 is 14.3 Å². The maximum Gasteiger partial charge on any atom is 0.287 e. The first kappa shape index (κ1) is 21.7. The van der Waals surface area contributed by atoms with Crippen LogP contribution in [0, 0.1) is 0 Å². The van der Waals surface area contributed by atoms with Gasteiger partial charge in [0.25, 0.3) is 5.91 Å². The van der Waals surface area contributed by atoms with Crippen molar-refractivity contribution in [3.8, 4) is 16.9 Å². The molecule has 4 aromatic heterocycles. The van der Waals surface area contributed by atoms with Crippen LogP contribution in [0.5, 0.6) is 0 Å². The molecular formula is C25H22N6O2S. The van der Waals surface area contributed by atoms with Gasteiger partial charge in [-0.25, -0.2) is 9.67 Å². The largest absolute Gasteiger partial charge is 0.455 e. The first-order valence-corrected chi connectivity index (χ1v) is 11.7. The zero-order valence-electron chi connectivity index (χ0n) is 18.5. The molecule has 9 heteroatoms. The van der Waals surface area contributed by atoms with Crippen molar-refractivity contribution in [3.63, 3.8) is 0 Å². The normalized spacial score (nSPS) is 11.0. The molecule has 0 aliphatic heterocycles. The molecule has 5 rings (SSSR count). The summed E-state index contributed by atoms with van der Waals surface area (Å²) in [7, 11) is 1.94. The van der Waals surface area contributed by atoms with E-state index in [0.717, 1.165) is 27.7 Å². The van der Waals surface area contributed by atoms with Gasteiger partial charge in [-0.2, -0.15) is 5.10 Å². The van der Waals surface area contributed by atoms with E-state index in [4.69, 9.17) is 9.52 Å². The highest BCUT2D eigenvalue weighted by Crippen LogP contribution is 2.24. The highest BCUT2D eigenvalue weighted by atomic mass is 32.2. The predicted molar refractivity (Wildman–Crippen MR) is 129 cm³/mol. The molecule has 0 saturated carbocycles. The third kappa shape index (κ3) is 4.79. The van der Waals surface area contributed by atoms with Gasteiger partial charge in [0.05, 0.1) is 17.1 Å². The molecule has 8 nitrogen and oxygen atoms in total. The van der Waals surface area contributed by atoms with Crippen LogP contribution < -0.4 is 5.32 Å². The van der Waals surface area contributed by atoms with Crippen molar-refractivity contribution in [1.29, 1.82) is 0 Å². The lowest BCUT2D eigenvalue weighted by Crippen LogP contribution is -2.22. The van der Waals surface area contributed by atoms with Gasteiger partial charge in [0, 0.05) is 55.7 Å². The van der Waals surface area contributed by atoms with Crippen LogP contribution in [-0.4, -0.2) is 30.2 Å². The number of carbonyl (C=O) groups is 1. The minimum atomic E-state index is -0.276. The maximum absolute atomic E-state index is 12.8. The van der Waals surface area contributed by atoms with Crippen LogP contribution in [-0.2, 0) is 19.3 Å². The number of aryl methyl sites for hydroxylation is 1. The van der Waals surface area contributed by atoms with Crippen molar-refractivity contribution < 1.29 is 9.21 Å². The molecule has 0 aliphatic rings. The van der Waals surface area contributed by atoms with E-state index in [1.807, 2.05) is 77.2 Å². The van der Waals surface area contributed by atoms with Crippen LogP contribution in [0.25, 0.3) is 16.9 Å². The van der Waals surface area contributed by atoms with Gasteiger partial charge in [0.1, 0.15) is 5.76 Å². The van der Waals surface area contributed by atoms with E-state index in [0.29, 0.717) is 18.1 Å². The predicted octanol–water partition coefficient (Wildman–Crippen LogP) is 4.48. The Balaban J connectivity index is 1.30. The van der Waals surface area contributed by atoms with E-state index in [1.165, 1.54) is 0 Å². The first-order chi connectivity index (χ1) is 16.7. The molecule has 34 heavy (non-hydrogen) atoms. The summed E-state index contributed by atoms with van der Waals surface area (Å²) in [5.74, 6) is 1.30. The molecule has 4 heterocycles. The smallest absolute Gasteiger partial charge is 0.287 e. The van der Waals surface area contributed by atoms with Gasteiger partial charge in [-0.05, 0) is 36.4 Å². The van der Waals surface area contributed by atoms with E-state index in [1.54, 1.807) is 36.4 Å². The summed E-state index contributed by atoms with van der Waals surface area (Å²) >= 11 is 1.55. The second kappa shape index (κ2) is 9.80. The number of nitrogens with one attached hydrogen (secondary N) is 1. The van der Waals surface area contributed by atoms with Crippen LogP contribution in [0.1, 0.15) is 21.9 Å². The van der Waals surface area contributed by atoms with Crippen LogP contribution in [0.4, 0.5) is 0 Å². The average molecular weight is 471 g/mol. The molecule has 0 spiro atoms. The molecule has 0 aliphatic carbocycles. The quantitative estimate of drug-likeness (QED) is 0.336. The molecule has 1 amide bonds. The van der Waals surface area contributed by atoms with Gasteiger partial charge >= 0.3 is 0 Å². The number of rotatable bonds is 8. The van der Waals surface area contributed by atoms with E-state index in [-0.39, 0.29) is 11.7 Å². The second-order valence-electron chi connectivity index (χ2n) is 7.58. The van der Waals surface area contributed by atoms with Gasteiger partial charge in [0.15, 0.2) is 10.9 Å². The number of hydrogen-bond donors (Lipinski definition) is 1. The molecule has 0 fully saturated rings. The molecule has 1 N–H and O–H groups in total. The Morgan fingerprint density at radius 3 is 2.65 bits per heavy atom. The van der Waals surface area contributed by atoms with E-state index in [2.05, 4.69) is 15.3 Å². The van der Waals surface area contributed by atoms with Gasteiger partial charge in [-0.3, -0.25) is 9.78 Å². The topological polar surface area (TPSA) is 90.8 Å². The van der Waals surface area contributed by atoms with Gasteiger partial charge in [-0.1, -0.05) is 30.0 Å². The molecule has 170 valence electrons. The highest BCUT2D eigenvalue weighted by molar-refractivity contribution is 7.98. The Morgan fingerprint density at radius 1 is 1.06 bits per heavy atom. The summed E-state index contributed by atoms with van der Waals surface area (Å²) in [6.07, 6.45) is 9.04. The number of pyridine rings is 1. The molecular weight excluding hydrogens is 448 g/mol. The molecule has 5 aromatic rings. The highest BCUT2D eigenvalue weighted by Gasteiger charge is 2.16. The third-order valence-electron chi connectivity index (χ3n) is 5.21. The maximum atomic E-state index is 12.8. The molecule has 1 aromatic carbocycles. The minimum absolute atomic E-state index is 0.274. The van der Waals surface area contributed by atoms with Crippen molar-refractivity contribution in [1.82, 2.24) is 29.6 Å². The molecule has 0 unspecified atom stereocenters. The lowest BCUT2D eigenvalue weighted by atomic mass is 10.1. The SMILES string of the molecule is Cn1ccnc1SCc1ccc(C(=O)NCc2cn(-c3ccccc3)nc2-c2ccncc2)o1. The Hall–Kier alpha value is -4.11. The Kier molecular flexibility index (Phi) is 6.26. The standard InChI is InChI=1S/C25H22N6O2S/c1-30-14-13-27-25(30)34-17-21-7-8-22(33-21)24(32)28-15-19-16-31(20-5-3-2-4-6-20)29-23(19)18-9-11-26-12-10-18/h2-14,16H,15,17H2,1H3,(H,28,32).